The lowest BCUT2D eigenvalue weighted by atomic mass is 9.96. The minimum atomic E-state index is -0.843. The maximum absolute atomic E-state index is 13.6. The van der Waals surface area contributed by atoms with Gasteiger partial charge in [0.25, 0.3) is 0 Å². The Morgan fingerprint density at radius 3 is 2.71 bits per heavy atom. The Kier molecular flexibility index (Phi) is 4.72. The highest BCUT2D eigenvalue weighted by atomic mass is 19.1. The molecule has 1 aliphatic heterocycles. The summed E-state index contributed by atoms with van der Waals surface area (Å²) < 4.78 is 18.6. The number of nitrogens with zero attached hydrogens (tertiary/aromatic N) is 2. The third kappa shape index (κ3) is 3.29. The highest BCUT2D eigenvalue weighted by molar-refractivity contribution is 5.73. The summed E-state index contributed by atoms with van der Waals surface area (Å²) in [4.78, 5) is 23.7. The molecule has 0 spiro atoms. The van der Waals surface area contributed by atoms with Crippen molar-refractivity contribution in [1.82, 2.24) is 0 Å². The molecule has 0 unspecified atom stereocenters. The Labute approximate surface area is 121 Å². The Morgan fingerprint density at radius 1 is 1.48 bits per heavy atom. The predicted octanol–water partition coefficient (Wildman–Crippen LogP) is 2.51. The van der Waals surface area contributed by atoms with E-state index in [9.17, 15) is 19.3 Å². The van der Waals surface area contributed by atoms with Crippen molar-refractivity contribution in [3.63, 3.8) is 0 Å². The van der Waals surface area contributed by atoms with Gasteiger partial charge in [0.2, 0.25) is 5.82 Å². The second-order valence-electron chi connectivity index (χ2n) is 4.88. The maximum Gasteiger partial charge on any atom is 0.327 e. The van der Waals surface area contributed by atoms with Crippen LogP contribution in [0, 0.1) is 21.8 Å². The van der Waals surface area contributed by atoms with E-state index in [1.165, 1.54) is 12.1 Å². The third-order valence-corrected chi connectivity index (χ3v) is 3.60. The van der Waals surface area contributed by atoms with Crippen LogP contribution in [0.5, 0.6) is 0 Å². The van der Waals surface area contributed by atoms with Crippen LogP contribution in [-0.4, -0.2) is 30.6 Å². The van der Waals surface area contributed by atoms with Crippen molar-refractivity contribution in [2.45, 2.75) is 19.8 Å². The molecule has 21 heavy (non-hydrogen) atoms. The average molecular weight is 296 g/mol. The van der Waals surface area contributed by atoms with Crippen molar-refractivity contribution >= 4 is 17.3 Å². The molecule has 1 heterocycles. The van der Waals surface area contributed by atoms with Crippen LogP contribution in [-0.2, 0) is 9.53 Å². The molecule has 0 bridgehead atoms. The van der Waals surface area contributed by atoms with Crippen LogP contribution in [0.4, 0.5) is 15.8 Å². The van der Waals surface area contributed by atoms with Gasteiger partial charge in [-0.15, -0.1) is 0 Å². The van der Waals surface area contributed by atoms with Crippen LogP contribution in [0.25, 0.3) is 0 Å². The minimum Gasteiger partial charge on any atom is -0.466 e. The number of carbonyl (C=O) groups excluding carboxylic acids is 1. The number of para-hydroxylation sites is 1. The molecule has 1 aliphatic rings. The molecule has 0 aliphatic carbocycles. The molecule has 0 radical (unpaired) electrons. The molecule has 0 atom stereocenters. The predicted molar refractivity (Wildman–Crippen MR) is 74.6 cm³/mol. The number of rotatable bonds is 4. The molecule has 1 aromatic carbocycles. The summed E-state index contributed by atoms with van der Waals surface area (Å²) in [6, 6.07) is 4.06. The number of carbonyl (C=O) groups is 1. The molecule has 6 nitrogen and oxygen atoms in total. The lowest BCUT2D eigenvalue weighted by molar-refractivity contribution is -0.386. The van der Waals surface area contributed by atoms with Gasteiger partial charge in [-0.25, -0.2) is 0 Å². The molecular formula is C14H17FN2O4. The van der Waals surface area contributed by atoms with E-state index in [0.29, 0.717) is 32.5 Å². The summed E-state index contributed by atoms with van der Waals surface area (Å²) in [5, 5.41) is 11.0. The van der Waals surface area contributed by atoms with E-state index in [1.54, 1.807) is 11.8 Å². The lowest BCUT2D eigenvalue weighted by Gasteiger charge is -2.32. The molecule has 7 heteroatoms. The fraction of sp³-hybridized carbons (Fsp3) is 0.500. The lowest BCUT2D eigenvalue weighted by Crippen LogP contribution is -2.37. The van der Waals surface area contributed by atoms with Gasteiger partial charge in [-0.05, 0) is 31.9 Å². The molecule has 0 N–H and O–H groups in total. The van der Waals surface area contributed by atoms with E-state index in [2.05, 4.69) is 0 Å². The number of benzene rings is 1. The first-order valence-electron chi connectivity index (χ1n) is 6.89. The van der Waals surface area contributed by atoms with Crippen LogP contribution in [0.1, 0.15) is 19.8 Å². The molecule has 1 fully saturated rings. The fourth-order valence-electron chi connectivity index (χ4n) is 2.56. The molecule has 1 saturated heterocycles. The molecule has 114 valence electrons. The summed E-state index contributed by atoms with van der Waals surface area (Å²) >= 11 is 0. The van der Waals surface area contributed by atoms with Crippen LogP contribution in [0.15, 0.2) is 18.2 Å². The Hall–Kier alpha value is -2.18. The summed E-state index contributed by atoms with van der Waals surface area (Å²) in [6.45, 7) is 3.03. The van der Waals surface area contributed by atoms with Gasteiger partial charge >= 0.3 is 11.7 Å². The molecule has 0 aromatic heterocycles. The number of anilines is 1. The summed E-state index contributed by atoms with van der Waals surface area (Å²) in [6.07, 6.45) is 1.10. The number of esters is 1. The van der Waals surface area contributed by atoms with Gasteiger partial charge in [0.05, 0.1) is 17.4 Å². The summed E-state index contributed by atoms with van der Waals surface area (Å²) in [5.41, 5.74) is -0.241. The highest BCUT2D eigenvalue weighted by Crippen LogP contribution is 2.33. The Bertz CT molecular complexity index is 542. The molecule has 0 saturated carbocycles. The monoisotopic (exact) mass is 296 g/mol. The van der Waals surface area contributed by atoms with E-state index in [4.69, 9.17) is 4.74 Å². The standard InChI is InChI=1S/C14H17FN2O4/c1-2-21-14(18)10-6-8-16(9-7-10)12-5-3-4-11(15)13(12)17(19)20/h3-5,10H,2,6-9H2,1H3. The number of halogens is 1. The fourth-order valence-corrected chi connectivity index (χ4v) is 2.56. The van der Waals surface area contributed by atoms with Crippen molar-refractivity contribution in [3.05, 3.63) is 34.1 Å². The molecule has 0 amide bonds. The quantitative estimate of drug-likeness (QED) is 0.485. The second kappa shape index (κ2) is 6.51. The van der Waals surface area contributed by atoms with Gasteiger partial charge in [0.1, 0.15) is 5.69 Å². The minimum absolute atomic E-state index is 0.186. The number of nitro benzene ring substituents is 1. The second-order valence-corrected chi connectivity index (χ2v) is 4.88. The summed E-state index contributed by atoms with van der Waals surface area (Å²) in [7, 11) is 0. The van der Waals surface area contributed by atoms with Crippen LogP contribution < -0.4 is 4.90 Å². The average Bonchev–Trinajstić information content (AvgIpc) is 2.47. The molecule has 1 aromatic rings. The first-order chi connectivity index (χ1) is 10.0. The van der Waals surface area contributed by atoms with Gasteiger partial charge in [0.15, 0.2) is 0 Å². The van der Waals surface area contributed by atoms with Gasteiger partial charge < -0.3 is 9.64 Å². The normalized spacial score (nSPS) is 15.8. The summed E-state index contributed by atoms with van der Waals surface area (Å²) in [5.74, 6) is -1.26. The van der Waals surface area contributed by atoms with Crippen molar-refractivity contribution in [3.8, 4) is 0 Å². The third-order valence-electron chi connectivity index (χ3n) is 3.60. The van der Waals surface area contributed by atoms with Crippen molar-refractivity contribution in [1.29, 1.82) is 0 Å². The number of piperidine rings is 1. The molecule has 2 rings (SSSR count). The zero-order valence-corrected chi connectivity index (χ0v) is 11.8. The Balaban J connectivity index is 2.11. The zero-order valence-electron chi connectivity index (χ0n) is 11.8. The maximum atomic E-state index is 13.6. The number of ether oxygens (including phenoxy) is 1. The van der Waals surface area contributed by atoms with Crippen LogP contribution in [0.2, 0.25) is 0 Å². The smallest absolute Gasteiger partial charge is 0.327 e. The zero-order chi connectivity index (χ0) is 15.4. The van der Waals surface area contributed by atoms with E-state index in [-0.39, 0.29) is 17.6 Å². The SMILES string of the molecule is CCOC(=O)C1CCN(c2cccc(F)c2[N+](=O)[O-])CC1. The van der Waals surface area contributed by atoms with Gasteiger partial charge in [-0.1, -0.05) is 6.07 Å². The van der Waals surface area contributed by atoms with E-state index in [0.717, 1.165) is 6.07 Å². The number of nitro groups is 1. The topological polar surface area (TPSA) is 72.7 Å². The first-order valence-corrected chi connectivity index (χ1v) is 6.89. The Morgan fingerprint density at radius 2 is 2.14 bits per heavy atom. The van der Waals surface area contributed by atoms with Crippen molar-refractivity contribution in [2.24, 2.45) is 5.92 Å². The van der Waals surface area contributed by atoms with Crippen molar-refractivity contribution < 1.29 is 18.8 Å². The van der Waals surface area contributed by atoms with E-state index >= 15 is 0 Å². The highest BCUT2D eigenvalue weighted by Gasteiger charge is 2.30. The number of hydrogen-bond acceptors (Lipinski definition) is 5. The van der Waals surface area contributed by atoms with E-state index in [1.807, 2.05) is 0 Å². The van der Waals surface area contributed by atoms with Crippen LogP contribution >= 0.6 is 0 Å². The van der Waals surface area contributed by atoms with Gasteiger partial charge in [0, 0.05) is 13.1 Å². The molecular weight excluding hydrogens is 279 g/mol. The van der Waals surface area contributed by atoms with E-state index < -0.39 is 16.4 Å². The van der Waals surface area contributed by atoms with Gasteiger partial charge in [-0.3, -0.25) is 14.9 Å². The first kappa shape index (κ1) is 15.2. The largest absolute Gasteiger partial charge is 0.466 e. The van der Waals surface area contributed by atoms with Gasteiger partial charge in [-0.2, -0.15) is 4.39 Å². The van der Waals surface area contributed by atoms with Crippen LogP contribution in [0.3, 0.4) is 0 Å². The number of hydrogen-bond donors (Lipinski definition) is 0. The van der Waals surface area contributed by atoms with Crippen molar-refractivity contribution in [2.75, 3.05) is 24.6 Å².